The molecule has 0 bridgehead atoms. The number of carbonyl (C=O) groups is 2. The highest BCUT2D eigenvalue weighted by Crippen LogP contribution is 2.34. The molecular weight excluding hydrogens is 448 g/mol. The standard InChI is InChI=1S/C22H26N4O2S3/c1-15(27)23-13-18-9-10-20(31-18)19(28)14-30-22-25-24-21(12-17-8-5-11-29-17)26(22)16-6-3-2-4-7-16/h5,8-11,16H,2-4,6-7,12-14H2,1H3,(H,23,27). The Morgan fingerprint density at radius 1 is 1.16 bits per heavy atom. The Morgan fingerprint density at radius 3 is 2.74 bits per heavy atom. The van der Waals surface area contributed by atoms with E-state index in [1.165, 1.54) is 54.2 Å². The highest BCUT2D eigenvalue weighted by molar-refractivity contribution is 7.99. The van der Waals surface area contributed by atoms with Crippen molar-refractivity contribution in [3.8, 4) is 0 Å². The zero-order valence-electron chi connectivity index (χ0n) is 17.5. The molecule has 1 saturated carbocycles. The highest BCUT2D eigenvalue weighted by Gasteiger charge is 2.24. The Kier molecular flexibility index (Phi) is 7.58. The summed E-state index contributed by atoms with van der Waals surface area (Å²) in [6, 6.07) is 8.37. The van der Waals surface area contributed by atoms with Crippen molar-refractivity contribution < 1.29 is 9.59 Å². The maximum Gasteiger partial charge on any atom is 0.217 e. The number of thiophene rings is 2. The van der Waals surface area contributed by atoms with Crippen LogP contribution in [-0.4, -0.2) is 32.2 Å². The van der Waals surface area contributed by atoms with Gasteiger partial charge in [0.1, 0.15) is 5.82 Å². The molecule has 0 saturated heterocycles. The van der Waals surface area contributed by atoms with E-state index in [2.05, 4.69) is 37.6 Å². The van der Waals surface area contributed by atoms with Crippen molar-refractivity contribution in [3.63, 3.8) is 0 Å². The summed E-state index contributed by atoms with van der Waals surface area (Å²) in [7, 11) is 0. The molecule has 9 heteroatoms. The summed E-state index contributed by atoms with van der Waals surface area (Å²) in [5.41, 5.74) is 0. The zero-order chi connectivity index (χ0) is 21.6. The Hall–Kier alpha value is -1.97. The fraction of sp³-hybridized carbons (Fsp3) is 0.455. The van der Waals surface area contributed by atoms with Crippen molar-refractivity contribution in [2.24, 2.45) is 0 Å². The third-order valence-corrected chi connectivity index (χ3v) is 8.31. The molecule has 1 amide bonds. The average molecular weight is 475 g/mol. The topological polar surface area (TPSA) is 76.9 Å². The van der Waals surface area contributed by atoms with Crippen LogP contribution in [0.25, 0.3) is 0 Å². The molecule has 0 atom stereocenters. The number of rotatable bonds is 9. The first-order chi connectivity index (χ1) is 15.1. The first kappa shape index (κ1) is 22.2. The molecule has 0 radical (unpaired) electrons. The van der Waals surface area contributed by atoms with Crippen LogP contribution in [0.2, 0.25) is 0 Å². The number of ketones is 1. The van der Waals surface area contributed by atoms with E-state index in [0.717, 1.165) is 40.0 Å². The van der Waals surface area contributed by atoms with Crippen LogP contribution < -0.4 is 5.32 Å². The second kappa shape index (κ2) is 10.6. The smallest absolute Gasteiger partial charge is 0.217 e. The molecular formula is C22H26N4O2S3. The van der Waals surface area contributed by atoms with E-state index in [4.69, 9.17) is 0 Å². The van der Waals surface area contributed by atoms with Gasteiger partial charge in [-0.3, -0.25) is 9.59 Å². The summed E-state index contributed by atoms with van der Waals surface area (Å²) in [6.07, 6.45) is 6.84. The molecule has 4 rings (SSSR count). The molecule has 3 heterocycles. The first-order valence-corrected chi connectivity index (χ1v) is 13.2. The Labute approximate surface area is 194 Å². The lowest BCUT2D eigenvalue weighted by atomic mass is 9.95. The maximum atomic E-state index is 12.8. The first-order valence-electron chi connectivity index (χ1n) is 10.6. The van der Waals surface area contributed by atoms with Crippen molar-refractivity contribution in [2.75, 3.05) is 5.75 Å². The number of nitrogens with one attached hydrogen (secondary N) is 1. The van der Waals surface area contributed by atoms with Crippen LogP contribution in [0.1, 0.15) is 70.3 Å². The molecule has 31 heavy (non-hydrogen) atoms. The lowest BCUT2D eigenvalue weighted by Crippen LogP contribution is -2.18. The lowest BCUT2D eigenvalue weighted by Gasteiger charge is -2.25. The van der Waals surface area contributed by atoms with Gasteiger partial charge in [0.05, 0.1) is 17.2 Å². The highest BCUT2D eigenvalue weighted by atomic mass is 32.2. The summed E-state index contributed by atoms with van der Waals surface area (Å²) in [5.74, 6) is 1.35. The summed E-state index contributed by atoms with van der Waals surface area (Å²) in [4.78, 5) is 26.8. The summed E-state index contributed by atoms with van der Waals surface area (Å²) in [6.45, 7) is 1.95. The van der Waals surface area contributed by atoms with E-state index < -0.39 is 0 Å². The summed E-state index contributed by atoms with van der Waals surface area (Å²) >= 11 is 4.66. The molecule has 1 N–H and O–H groups in total. The molecule has 0 unspecified atom stereocenters. The van der Waals surface area contributed by atoms with Gasteiger partial charge in [-0.2, -0.15) is 0 Å². The van der Waals surface area contributed by atoms with Crippen LogP contribution in [0.15, 0.2) is 34.8 Å². The predicted molar refractivity (Wildman–Crippen MR) is 126 cm³/mol. The van der Waals surface area contributed by atoms with Gasteiger partial charge >= 0.3 is 0 Å². The van der Waals surface area contributed by atoms with E-state index in [9.17, 15) is 9.59 Å². The molecule has 0 aliphatic heterocycles. The van der Waals surface area contributed by atoms with Crippen LogP contribution in [0.3, 0.4) is 0 Å². The van der Waals surface area contributed by atoms with Crippen molar-refractivity contribution in [1.82, 2.24) is 20.1 Å². The van der Waals surface area contributed by atoms with Gasteiger partial charge in [-0.25, -0.2) is 0 Å². The Morgan fingerprint density at radius 2 is 2.00 bits per heavy atom. The minimum atomic E-state index is -0.0720. The lowest BCUT2D eigenvalue weighted by molar-refractivity contribution is -0.119. The molecule has 3 aromatic rings. The molecule has 1 fully saturated rings. The van der Waals surface area contributed by atoms with Crippen LogP contribution >= 0.6 is 34.4 Å². The number of amides is 1. The van der Waals surface area contributed by atoms with E-state index in [1.807, 2.05) is 12.1 Å². The summed E-state index contributed by atoms with van der Waals surface area (Å²) in [5, 5.41) is 14.7. The summed E-state index contributed by atoms with van der Waals surface area (Å²) < 4.78 is 2.30. The zero-order valence-corrected chi connectivity index (χ0v) is 20.0. The molecule has 3 aromatic heterocycles. The van der Waals surface area contributed by atoms with Crippen LogP contribution in [0, 0.1) is 0 Å². The van der Waals surface area contributed by atoms with Gasteiger partial charge < -0.3 is 9.88 Å². The minimum Gasteiger partial charge on any atom is -0.351 e. The maximum absolute atomic E-state index is 12.8. The van der Waals surface area contributed by atoms with E-state index >= 15 is 0 Å². The van der Waals surface area contributed by atoms with Gasteiger partial charge in [0, 0.05) is 29.1 Å². The number of aromatic nitrogens is 3. The molecule has 0 aromatic carbocycles. The van der Waals surface area contributed by atoms with Gasteiger partial charge in [0.2, 0.25) is 5.91 Å². The normalized spacial score (nSPS) is 14.6. The third kappa shape index (κ3) is 5.84. The number of hydrogen-bond donors (Lipinski definition) is 1. The largest absolute Gasteiger partial charge is 0.351 e. The second-order valence-electron chi connectivity index (χ2n) is 7.70. The third-order valence-electron chi connectivity index (χ3n) is 5.37. The van der Waals surface area contributed by atoms with Crippen molar-refractivity contribution in [1.29, 1.82) is 0 Å². The number of hydrogen-bond acceptors (Lipinski definition) is 7. The number of carbonyl (C=O) groups excluding carboxylic acids is 2. The monoisotopic (exact) mass is 474 g/mol. The van der Waals surface area contributed by atoms with Crippen molar-refractivity contribution in [3.05, 3.63) is 50.1 Å². The van der Waals surface area contributed by atoms with Crippen LogP contribution in [-0.2, 0) is 17.8 Å². The number of thioether (sulfide) groups is 1. The Bertz CT molecular complexity index is 1020. The second-order valence-corrected chi connectivity index (χ2v) is 10.8. The average Bonchev–Trinajstić information content (AvgIpc) is 3.53. The van der Waals surface area contributed by atoms with Crippen LogP contribution in [0.5, 0.6) is 0 Å². The van der Waals surface area contributed by atoms with Gasteiger partial charge in [-0.05, 0) is 36.4 Å². The quantitative estimate of drug-likeness (QED) is 0.345. The SMILES string of the molecule is CC(=O)NCc1ccc(C(=O)CSc2nnc(Cc3cccs3)n2C2CCCCC2)s1. The fourth-order valence-corrected chi connectivity index (χ4v) is 6.42. The van der Waals surface area contributed by atoms with Gasteiger partial charge in [-0.15, -0.1) is 32.9 Å². The van der Waals surface area contributed by atoms with E-state index in [-0.39, 0.29) is 11.7 Å². The van der Waals surface area contributed by atoms with E-state index in [1.54, 1.807) is 11.3 Å². The van der Waals surface area contributed by atoms with Crippen molar-refractivity contribution >= 4 is 46.1 Å². The molecule has 1 aliphatic rings. The fourth-order valence-electron chi connectivity index (χ4n) is 3.84. The number of Topliss-reactive ketones (excluding diaryl/α,β-unsaturated/α-hetero) is 1. The van der Waals surface area contributed by atoms with Crippen molar-refractivity contribution in [2.45, 2.75) is 63.2 Å². The van der Waals surface area contributed by atoms with E-state index in [0.29, 0.717) is 18.3 Å². The predicted octanol–water partition coefficient (Wildman–Crippen LogP) is 5.11. The minimum absolute atomic E-state index is 0.0720. The molecule has 1 aliphatic carbocycles. The Balaban J connectivity index is 1.45. The number of nitrogens with zero attached hydrogens (tertiary/aromatic N) is 3. The van der Waals surface area contributed by atoms with Gasteiger partial charge in [0.15, 0.2) is 10.9 Å². The van der Waals surface area contributed by atoms with Gasteiger partial charge in [0.25, 0.3) is 0 Å². The molecule has 164 valence electrons. The molecule has 6 nitrogen and oxygen atoms in total. The van der Waals surface area contributed by atoms with Gasteiger partial charge in [-0.1, -0.05) is 37.1 Å². The van der Waals surface area contributed by atoms with Crippen LogP contribution in [0.4, 0.5) is 0 Å². The molecule has 0 spiro atoms.